The highest BCUT2D eigenvalue weighted by Gasteiger charge is 2.31. The summed E-state index contributed by atoms with van der Waals surface area (Å²) < 4.78 is 0. The van der Waals surface area contributed by atoms with Crippen molar-refractivity contribution in [1.82, 2.24) is 20.6 Å². The number of nitrogens with one attached hydrogen (secondary N) is 3. The first-order valence-electron chi connectivity index (χ1n) is 17.5. The molecule has 4 aromatic rings. The predicted molar refractivity (Wildman–Crippen MR) is 203 cm³/mol. The zero-order valence-electron chi connectivity index (χ0n) is 28.9. The molecule has 0 aliphatic heterocycles. The van der Waals surface area contributed by atoms with Crippen LogP contribution in [0.3, 0.4) is 0 Å². The molecule has 2 aromatic heterocycles. The van der Waals surface area contributed by atoms with Gasteiger partial charge in [-0.1, -0.05) is 73.9 Å². The van der Waals surface area contributed by atoms with Gasteiger partial charge in [-0.2, -0.15) is 0 Å². The first kappa shape index (κ1) is 38.0. The summed E-state index contributed by atoms with van der Waals surface area (Å²) in [5, 5.41) is 30.7. The monoisotopic (exact) mass is 732 g/mol. The number of aromatic nitrogens is 2. The van der Waals surface area contributed by atoms with E-state index in [9.17, 15) is 19.8 Å². The summed E-state index contributed by atoms with van der Waals surface area (Å²) in [5.41, 5.74) is 0.708. The molecule has 5 N–H and O–H groups in total. The third kappa shape index (κ3) is 10.9. The van der Waals surface area contributed by atoms with Crippen molar-refractivity contribution in [2.45, 2.75) is 75.4 Å². The largest absolute Gasteiger partial charge is 0.388 e. The number of amides is 2. The molecule has 0 atom stereocenters. The summed E-state index contributed by atoms with van der Waals surface area (Å²) in [4.78, 5) is 35.5. The summed E-state index contributed by atoms with van der Waals surface area (Å²) >= 11 is 12.4. The normalized spacial score (nSPS) is 16.2. The van der Waals surface area contributed by atoms with Crippen molar-refractivity contribution >= 4 is 58.0 Å². The van der Waals surface area contributed by atoms with Crippen LogP contribution in [0.15, 0.2) is 85.2 Å². The molecular weight excluding hydrogens is 687 g/mol. The molecule has 2 aromatic carbocycles. The maximum Gasteiger partial charge on any atom is 0.252 e. The quantitative estimate of drug-likeness (QED) is 0.111. The Morgan fingerprint density at radius 1 is 0.706 bits per heavy atom. The van der Waals surface area contributed by atoms with Gasteiger partial charge in [0, 0.05) is 43.9 Å². The predicted octanol–water partition coefficient (Wildman–Crippen LogP) is 7.83. The van der Waals surface area contributed by atoms with Crippen LogP contribution in [0.5, 0.6) is 0 Å². The maximum absolute atomic E-state index is 12.6. The maximum atomic E-state index is 12.6. The lowest BCUT2D eigenvalue weighted by molar-refractivity contribution is 0.00508. The van der Waals surface area contributed by atoms with Crippen LogP contribution in [0.4, 0.5) is 23.0 Å². The van der Waals surface area contributed by atoms with Crippen LogP contribution in [0.25, 0.3) is 0 Å². The molecule has 12 heteroatoms. The lowest BCUT2D eigenvalue weighted by Gasteiger charge is -2.32. The van der Waals surface area contributed by atoms with Crippen molar-refractivity contribution in [3.8, 4) is 0 Å². The van der Waals surface area contributed by atoms with Crippen molar-refractivity contribution in [2.24, 2.45) is 0 Å². The third-order valence-electron chi connectivity index (χ3n) is 9.45. The molecule has 2 heterocycles. The van der Waals surface area contributed by atoms with Gasteiger partial charge in [0.25, 0.3) is 11.8 Å². The third-order valence-corrected chi connectivity index (χ3v) is 10.1. The highest BCUT2D eigenvalue weighted by atomic mass is 35.5. The van der Waals surface area contributed by atoms with Crippen LogP contribution in [0, 0.1) is 0 Å². The number of carbonyl (C=O) groups is 2. The molecule has 10 nitrogen and oxygen atoms in total. The SMILES string of the molecule is CN(c1ccc(Cl)c(C(=O)NCC2(O)CCCCC2)c1)c1ccccn1.O=C(NCC1(O)CCCCC1)c1cc(Nc2ccccn2)ccc1Cl. The summed E-state index contributed by atoms with van der Waals surface area (Å²) in [6.07, 6.45) is 12.6. The molecule has 6 rings (SSSR count). The Morgan fingerprint density at radius 3 is 1.76 bits per heavy atom. The Morgan fingerprint density at radius 2 is 1.24 bits per heavy atom. The van der Waals surface area contributed by atoms with E-state index in [1.165, 1.54) is 0 Å². The molecule has 51 heavy (non-hydrogen) atoms. The second kappa shape index (κ2) is 17.8. The Labute approximate surface area is 309 Å². The van der Waals surface area contributed by atoms with Crippen molar-refractivity contribution < 1.29 is 19.8 Å². The Kier molecular flexibility index (Phi) is 13.3. The van der Waals surface area contributed by atoms with Gasteiger partial charge in [-0.05, 0) is 86.3 Å². The lowest BCUT2D eigenvalue weighted by Crippen LogP contribution is -2.44. The van der Waals surface area contributed by atoms with Crippen molar-refractivity contribution in [2.75, 3.05) is 30.4 Å². The molecule has 2 fully saturated rings. The molecule has 2 amide bonds. The van der Waals surface area contributed by atoms with Crippen LogP contribution in [0.2, 0.25) is 10.0 Å². The standard InChI is InChI=1S/C20H24ClN3O2.C19H22ClN3O2/c1-24(18-7-3-6-12-22-18)15-8-9-17(21)16(13-15)19(25)23-14-20(26)10-4-2-5-11-20;20-16-8-7-14(23-17-6-2-5-11-21-17)12-15(16)18(24)22-13-19(25)9-3-1-4-10-19/h3,6-9,12-13,26H,2,4-5,10-11,14H2,1H3,(H,23,25);2,5-8,11-12,25H,1,3-4,9-10,13H2,(H,21,23)(H,22,24). The van der Waals surface area contributed by atoms with E-state index in [1.807, 2.05) is 54.4 Å². The van der Waals surface area contributed by atoms with Crippen molar-refractivity contribution in [3.63, 3.8) is 0 Å². The lowest BCUT2D eigenvalue weighted by atomic mass is 9.85. The van der Waals surface area contributed by atoms with Gasteiger partial charge < -0.3 is 31.1 Å². The van der Waals surface area contributed by atoms with Gasteiger partial charge >= 0.3 is 0 Å². The fourth-order valence-corrected chi connectivity index (χ4v) is 6.80. The van der Waals surface area contributed by atoms with Crippen LogP contribution in [-0.2, 0) is 0 Å². The van der Waals surface area contributed by atoms with Crippen molar-refractivity contribution in [1.29, 1.82) is 0 Å². The highest BCUT2D eigenvalue weighted by Crippen LogP contribution is 2.30. The van der Waals surface area contributed by atoms with Crippen LogP contribution >= 0.6 is 23.2 Å². The number of aliphatic hydroxyl groups is 2. The molecule has 270 valence electrons. The van der Waals surface area contributed by atoms with Crippen LogP contribution < -0.4 is 20.9 Å². The molecule has 0 radical (unpaired) electrons. The smallest absolute Gasteiger partial charge is 0.252 e. The molecule has 0 saturated heterocycles. The summed E-state index contributed by atoms with van der Waals surface area (Å²) in [6, 6.07) is 21.7. The van der Waals surface area contributed by atoms with Gasteiger partial charge in [0.2, 0.25) is 0 Å². The Hall–Kier alpha value is -4.22. The first-order chi connectivity index (χ1) is 24.5. The van der Waals surface area contributed by atoms with Crippen molar-refractivity contribution in [3.05, 3.63) is 106 Å². The number of hydrogen-bond donors (Lipinski definition) is 5. The Balaban J connectivity index is 0.000000198. The number of carbonyl (C=O) groups excluding carboxylic acids is 2. The molecule has 2 saturated carbocycles. The van der Waals surface area contributed by atoms with E-state index in [4.69, 9.17) is 23.2 Å². The van der Waals surface area contributed by atoms with E-state index in [-0.39, 0.29) is 24.9 Å². The second-order valence-electron chi connectivity index (χ2n) is 13.4. The van der Waals surface area contributed by atoms with Gasteiger partial charge in [-0.25, -0.2) is 9.97 Å². The zero-order chi connectivity index (χ0) is 36.3. The van der Waals surface area contributed by atoms with Crippen LogP contribution in [0.1, 0.15) is 84.9 Å². The van der Waals surface area contributed by atoms with E-state index in [0.717, 1.165) is 81.4 Å². The molecule has 0 spiro atoms. The average Bonchev–Trinajstić information content (AvgIpc) is 3.15. The summed E-state index contributed by atoms with van der Waals surface area (Å²) in [7, 11) is 1.89. The molecule has 0 bridgehead atoms. The highest BCUT2D eigenvalue weighted by molar-refractivity contribution is 6.34. The molecular formula is C39H46Cl2N6O4. The summed E-state index contributed by atoms with van der Waals surface area (Å²) in [5.74, 6) is 0.907. The minimum Gasteiger partial charge on any atom is -0.388 e. The second-order valence-corrected chi connectivity index (χ2v) is 14.2. The summed E-state index contributed by atoms with van der Waals surface area (Å²) in [6.45, 7) is 0.503. The minimum absolute atomic E-state index is 0.250. The van der Waals surface area contributed by atoms with Gasteiger partial charge in [0.15, 0.2) is 0 Å². The van der Waals surface area contributed by atoms with Gasteiger partial charge in [-0.3, -0.25) is 9.59 Å². The fraction of sp³-hybridized carbons (Fsp3) is 0.385. The fourth-order valence-electron chi connectivity index (χ4n) is 6.40. The van der Waals surface area contributed by atoms with E-state index < -0.39 is 11.2 Å². The number of nitrogens with zero attached hydrogens (tertiary/aromatic N) is 3. The van der Waals surface area contributed by atoms with Crippen LogP contribution in [-0.4, -0.2) is 63.3 Å². The molecule has 2 aliphatic rings. The number of rotatable bonds is 10. The van der Waals surface area contributed by atoms with E-state index in [1.54, 1.807) is 42.7 Å². The number of halogens is 2. The van der Waals surface area contributed by atoms with Gasteiger partial charge in [0.1, 0.15) is 11.6 Å². The first-order valence-corrected chi connectivity index (χ1v) is 18.2. The number of hydrogen-bond acceptors (Lipinski definition) is 8. The number of pyridine rings is 2. The number of benzene rings is 2. The minimum atomic E-state index is -0.803. The topological polar surface area (TPSA) is 140 Å². The average molecular weight is 734 g/mol. The van der Waals surface area contributed by atoms with E-state index >= 15 is 0 Å². The number of anilines is 4. The molecule has 0 unspecified atom stereocenters. The van der Waals surface area contributed by atoms with Gasteiger partial charge in [0.05, 0.1) is 32.4 Å². The van der Waals surface area contributed by atoms with E-state index in [0.29, 0.717) is 27.0 Å². The van der Waals surface area contributed by atoms with E-state index in [2.05, 4.69) is 25.9 Å². The van der Waals surface area contributed by atoms with Gasteiger partial charge in [-0.15, -0.1) is 0 Å². The Bertz CT molecular complexity index is 1750. The molecule has 2 aliphatic carbocycles. The zero-order valence-corrected chi connectivity index (χ0v) is 30.4.